The van der Waals surface area contributed by atoms with E-state index in [-0.39, 0.29) is 18.1 Å². The molecule has 4 nitrogen and oxygen atoms in total. The van der Waals surface area contributed by atoms with E-state index in [4.69, 9.17) is 0 Å². The van der Waals surface area contributed by atoms with E-state index < -0.39 is 0 Å². The highest BCUT2D eigenvalue weighted by Gasteiger charge is 2.07. The van der Waals surface area contributed by atoms with Gasteiger partial charge in [-0.05, 0) is 27.0 Å². The largest absolute Gasteiger partial charge is 0.508 e. The zero-order chi connectivity index (χ0) is 13.5. The Bertz CT molecular complexity index is 391. The SMILES string of the molecule is CC(C)N(C)CCNC(=O)Cc1ccccc1O. The maximum absolute atomic E-state index is 11.7. The molecule has 4 heteroatoms. The number of nitrogens with zero attached hydrogens (tertiary/aromatic N) is 1. The number of carbonyl (C=O) groups excluding carboxylic acids is 1. The lowest BCUT2D eigenvalue weighted by atomic mass is 10.1. The lowest BCUT2D eigenvalue weighted by Gasteiger charge is -2.20. The molecule has 0 atom stereocenters. The van der Waals surface area contributed by atoms with Gasteiger partial charge in [0.1, 0.15) is 5.75 Å². The summed E-state index contributed by atoms with van der Waals surface area (Å²) in [5.74, 6) is 0.112. The second kappa shape index (κ2) is 7.01. The van der Waals surface area contributed by atoms with Crippen LogP contribution in [-0.4, -0.2) is 42.1 Å². The Hall–Kier alpha value is -1.55. The fraction of sp³-hybridized carbons (Fsp3) is 0.500. The van der Waals surface area contributed by atoms with Crippen LogP contribution in [0.3, 0.4) is 0 Å². The van der Waals surface area contributed by atoms with Gasteiger partial charge in [0.2, 0.25) is 5.91 Å². The summed E-state index contributed by atoms with van der Waals surface area (Å²) < 4.78 is 0. The van der Waals surface area contributed by atoms with Gasteiger partial charge in [-0.1, -0.05) is 18.2 Å². The maximum atomic E-state index is 11.7. The highest BCUT2D eigenvalue weighted by atomic mass is 16.3. The number of amides is 1. The first-order valence-electron chi connectivity index (χ1n) is 6.24. The molecule has 0 saturated carbocycles. The van der Waals surface area contributed by atoms with E-state index in [0.29, 0.717) is 18.2 Å². The Balaban J connectivity index is 2.33. The van der Waals surface area contributed by atoms with Gasteiger partial charge in [0, 0.05) is 24.7 Å². The number of benzene rings is 1. The summed E-state index contributed by atoms with van der Waals surface area (Å²) in [4.78, 5) is 13.8. The van der Waals surface area contributed by atoms with Gasteiger partial charge in [-0.25, -0.2) is 0 Å². The van der Waals surface area contributed by atoms with Crippen molar-refractivity contribution in [1.82, 2.24) is 10.2 Å². The van der Waals surface area contributed by atoms with E-state index in [9.17, 15) is 9.90 Å². The number of rotatable bonds is 6. The summed E-state index contributed by atoms with van der Waals surface area (Å²) in [7, 11) is 2.03. The molecule has 0 aromatic heterocycles. The molecule has 0 fully saturated rings. The lowest BCUT2D eigenvalue weighted by Crippen LogP contribution is -2.36. The molecule has 0 unspecified atom stereocenters. The number of hydrogen-bond acceptors (Lipinski definition) is 3. The van der Waals surface area contributed by atoms with Gasteiger partial charge in [-0.15, -0.1) is 0 Å². The fourth-order valence-corrected chi connectivity index (χ4v) is 1.53. The van der Waals surface area contributed by atoms with Gasteiger partial charge in [0.25, 0.3) is 0 Å². The predicted octanol–water partition coefficient (Wildman–Crippen LogP) is 1.39. The zero-order valence-corrected chi connectivity index (χ0v) is 11.3. The Kier molecular flexibility index (Phi) is 5.65. The van der Waals surface area contributed by atoms with Crippen molar-refractivity contribution in [2.24, 2.45) is 0 Å². The van der Waals surface area contributed by atoms with Crippen molar-refractivity contribution in [1.29, 1.82) is 0 Å². The molecule has 18 heavy (non-hydrogen) atoms. The smallest absolute Gasteiger partial charge is 0.224 e. The zero-order valence-electron chi connectivity index (χ0n) is 11.3. The number of likely N-dealkylation sites (N-methyl/N-ethyl adjacent to an activating group) is 1. The average Bonchev–Trinajstić information content (AvgIpc) is 2.32. The molecule has 1 aromatic carbocycles. The predicted molar refractivity (Wildman–Crippen MR) is 72.6 cm³/mol. The Labute approximate surface area is 109 Å². The second-order valence-corrected chi connectivity index (χ2v) is 4.73. The monoisotopic (exact) mass is 250 g/mol. The van der Waals surface area contributed by atoms with Crippen molar-refractivity contribution in [3.05, 3.63) is 29.8 Å². The Morgan fingerprint density at radius 1 is 1.39 bits per heavy atom. The third-order valence-corrected chi connectivity index (χ3v) is 3.01. The third-order valence-electron chi connectivity index (χ3n) is 3.01. The van der Waals surface area contributed by atoms with Crippen LogP contribution in [0.15, 0.2) is 24.3 Å². The quantitative estimate of drug-likeness (QED) is 0.802. The molecular weight excluding hydrogens is 228 g/mol. The molecule has 1 amide bonds. The molecule has 0 spiro atoms. The fourth-order valence-electron chi connectivity index (χ4n) is 1.53. The number of nitrogens with one attached hydrogen (secondary N) is 1. The molecule has 0 saturated heterocycles. The summed E-state index contributed by atoms with van der Waals surface area (Å²) in [5, 5.41) is 12.4. The van der Waals surface area contributed by atoms with Crippen molar-refractivity contribution in [3.8, 4) is 5.75 Å². The molecule has 1 rings (SSSR count). The van der Waals surface area contributed by atoms with Crippen molar-refractivity contribution in [2.75, 3.05) is 20.1 Å². The number of aromatic hydroxyl groups is 1. The second-order valence-electron chi connectivity index (χ2n) is 4.73. The molecule has 0 radical (unpaired) electrons. The van der Waals surface area contributed by atoms with Crippen LogP contribution in [0, 0.1) is 0 Å². The third kappa shape index (κ3) is 4.75. The molecule has 0 bridgehead atoms. The van der Waals surface area contributed by atoms with Crippen molar-refractivity contribution >= 4 is 5.91 Å². The summed E-state index contributed by atoms with van der Waals surface area (Å²) in [6, 6.07) is 7.38. The summed E-state index contributed by atoms with van der Waals surface area (Å²) in [6.45, 7) is 5.68. The highest BCUT2D eigenvalue weighted by molar-refractivity contribution is 5.79. The molecule has 100 valence electrons. The molecule has 0 aliphatic rings. The van der Waals surface area contributed by atoms with Gasteiger partial charge in [-0.3, -0.25) is 4.79 Å². The minimum atomic E-state index is -0.0614. The van der Waals surface area contributed by atoms with Crippen LogP contribution in [0.4, 0.5) is 0 Å². The lowest BCUT2D eigenvalue weighted by molar-refractivity contribution is -0.120. The van der Waals surface area contributed by atoms with E-state index in [1.54, 1.807) is 18.2 Å². The molecule has 0 aliphatic carbocycles. The van der Waals surface area contributed by atoms with E-state index in [1.165, 1.54) is 0 Å². The molecular formula is C14H22N2O2. The first-order chi connectivity index (χ1) is 8.50. The molecule has 0 heterocycles. The summed E-state index contributed by atoms with van der Waals surface area (Å²) >= 11 is 0. The first-order valence-corrected chi connectivity index (χ1v) is 6.24. The van der Waals surface area contributed by atoms with Gasteiger partial charge in [-0.2, -0.15) is 0 Å². The van der Waals surface area contributed by atoms with E-state index >= 15 is 0 Å². The van der Waals surface area contributed by atoms with Crippen LogP contribution in [0.1, 0.15) is 19.4 Å². The van der Waals surface area contributed by atoms with Crippen LogP contribution in [0.25, 0.3) is 0 Å². The van der Waals surface area contributed by atoms with Crippen LogP contribution < -0.4 is 5.32 Å². The van der Waals surface area contributed by atoms with E-state index in [0.717, 1.165) is 6.54 Å². The van der Waals surface area contributed by atoms with Gasteiger partial charge in [0.05, 0.1) is 6.42 Å². The first kappa shape index (κ1) is 14.5. The van der Waals surface area contributed by atoms with Crippen molar-refractivity contribution < 1.29 is 9.90 Å². The summed E-state index contributed by atoms with van der Waals surface area (Å²) in [5.41, 5.74) is 0.659. The average molecular weight is 250 g/mol. The molecule has 1 aromatic rings. The van der Waals surface area contributed by atoms with Crippen LogP contribution in [0.2, 0.25) is 0 Å². The number of phenolic OH excluding ortho intramolecular Hbond substituents is 1. The van der Waals surface area contributed by atoms with E-state index in [2.05, 4.69) is 24.1 Å². The van der Waals surface area contributed by atoms with Crippen molar-refractivity contribution in [2.45, 2.75) is 26.3 Å². The minimum absolute atomic E-state index is 0.0614. The van der Waals surface area contributed by atoms with Gasteiger partial charge in [0.15, 0.2) is 0 Å². The van der Waals surface area contributed by atoms with Gasteiger partial charge >= 0.3 is 0 Å². The summed E-state index contributed by atoms with van der Waals surface area (Å²) in [6.07, 6.45) is 0.220. The van der Waals surface area contributed by atoms with Crippen LogP contribution in [0.5, 0.6) is 5.75 Å². The topological polar surface area (TPSA) is 52.6 Å². The normalized spacial score (nSPS) is 10.9. The number of hydrogen-bond donors (Lipinski definition) is 2. The molecule has 0 aliphatic heterocycles. The van der Waals surface area contributed by atoms with E-state index in [1.807, 2.05) is 13.1 Å². The minimum Gasteiger partial charge on any atom is -0.508 e. The highest BCUT2D eigenvalue weighted by Crippen LogP contribution is 2.15. The number of carbonyl (C=O) groups is 1. The van der Waals surface area contributed by atoms with Crippen LogP contribution >= 0.6 is 0 Å². The standard InChI is InChI=1S/C14H22N2O2/c1-11(2)16(3)9-8-15-14(18)10-12-6-4-5-7-13(12)17/h4-7,11,17H,8-10H2,1-3H3,(H,15,18). The number of phenols is 1. The van der Waals surface area contributed by atoms with Gasteiger partial charge < -0.3 is 15.3 Å². The number of para-hydroxylation sites is 1. The maximum Gasteiger partial charge on any atom is 0.224 e. The Morgan fingerprint density at radius 3 is 2.67 bits per heavy atom. The van der Waals surface area contributed by atoms with Crippen molar-refractivity contribution in [3.63, 3.8) is 0 Å². The Morgan fingerprint density at radius 2 is 2.06 bits per heavy atom. The van der Waals surface area contributed by atoms with Crippen LogP contribution in [-0.2, 0) is 11.2 Å². The molecule has 2 N–H and O–H groups in total.